The molecule has 1 aromatic carbocycles. The minimum Gasteiger partial charge on any atom is -0.469 e. The number of alkyl halides is 3. The standard InChI is InChI=1S/C21H21F3N2O4S/c1-30-19(28)10-16(17-6-3-7-31-17)25-20(29)14-9-18(27)26(12-14)11-13-4-2-5-15(8-13)21(22,23)24/h2-8,14,16H,9-12H2,1H3,(H,25,29). The minimum atomic E-state index is -4.47. The molecule has 0 spiro atoms. The van der Waals surface area contributed by atoms with Gasteiger partial charge in [-0.3, -0.25) is 14.4 Å². The van der Waals surface area contributed by atoms with Crippen LogP contribution in [-0.2, 0) is 31.8 Å². The Morgan fingerprint density at radius 1 is 1.29 bits per heavy atom. The number of carbonyl (C=O) groups excluding carboxylic acids is 3. The van der Waals surface area contributed by atoms with Crippen molar-refractivity contribution < 1.29 is 32.3 Å². The smallest absolute Gasteiger partial charge is 0.416 e. The van der Waals surface area contributed by atoms with Gasteiger partial charge in [-0.2, -0.15) is 13.2 Å². The number of nitrogens with one attached hydrogen (secondary N) is 1. The largest absolute Gasteiger partial charge is 0.469 e. The van der Waals surface area contributed by atoms with E-state index >= 15 is 0 Å². The number of esters is 1. The normalized spacial score (nSPS) is 17.5. The van der Waals surface area contributed by atoms with E-state index in [4.69, 9.17) is 4.74 Å². The first-order valence-corrected chi connectivity index (χ1v) is 10.4. The lowest BCUT2D eigenvalue weighted by atomic mass is 10.1. The minimum absolute atomic E-state index is 0.0109. The first-order valence-electron chi connectivity index (χ1n) is 9.52. The van der Waals surface area contributed by atoms with Gasteiger partial charge in [-0.15, -0.1) is 11.3 Å². The molecule has 166 valence electrons. The van der Waals surface area contributed by atoms with Crippen molar-refractivity contribution in [1.82, 2.24) is 10.2 Å². The molecule has 1 fully saturated rings. The predicted molar refractivity (Wildman–Crippen MR) is 107 cm³/mol. The number of nitrogens with zero attached hydrogens (tertiary/aromatic N) is 1. The number of rotatable bonds is 7. The maximum Gasteiger partial charge on any atom is 0.416 e. The molecule has 2 atom stereocenters. The molecule has 2 heterocycles. The molecule has 2 aromatic rings. The van der Waals surface area contributed by atoms with E-state index in [1.54, 1.807) is 12.1 Å². The lowest BCUT2D eigenvalue weighted by Crippen LogP contribution is -2.36. The van der Waals surface area contributed by atoms with Crippen LogP contribution >= 0.6 is 11.3 Å². The van der Waals surface area contributed by atoms with E-state index in [1.165, 1.54) is 35.5 Å². The molecular weight excluding hydrogens is 433 g/mol. The molecule has 10 heteroatoms. The van der Waals surface area contributed by atoms with E-state index < -0.39 is 29.7 Å². The van der Waals surface area contributed by atoms with Crippen LogP contribution in [0.1, 0.15) is 34.9 Å². The fraction of sp³-hybridized carbons (Fsp3) is 0.381. The van der Waals surface area contributed by atoms with Crippen molar-refractivity contribution in [3.63, 3.8) is 0 Å². The second-order valence-corrected chi connectivity index (χ2v) is 8.21. The maximum absolute atomic E-state index is 12.9. The third-order valence-corrected chi connectivity index (χ3v) is 6.00. The van der Waals surface area contributed by atoms with Gasteiger partial charge in [0, 0.05) is 24.4 Å². The van der Waals surface area contributed by atoms with Crippen molar-refractivity contribution >= 4 is 29.1 Å². The summed E-state index contributed by atoms with van der Waals surface area (Å²) in [6.45, 7) is 0.0827. The third-order valence-electron chi connectivity index (χ3n) is 5.01. The number of hydrogen-bond acceptors (Lipinski definition) is 5. The summed E-state index contributed by atoms with van der Waals surface area (Å²) in [5, 5.41) is 4.62. The highest BCUT2D eigenvalue weighted by molar-refractivity contribution is 7.10. The Balaban J connectivity index is 1.65. The number of methoxy groups -OCH3 is 1. The first-order chi connectivity index (χ1) is 14.7. The quantitative estimate of drug-likeness (QED) is 0.650. The number of halogens is 3. The molecule has 3 rings (SSSR count). The summed E-state index contributed by atoms with van der Waals surface area (Å²) in [6.07, 6.45) is -4.55. The van der Waals surface area contributed by atoms with E-state index in [1.807, 2.05) is 5.38 Å². The van der Waals surface area contributed by atoms with Crippen molar-refractivity contribution in [3.8, 4) is 0 Å². The first kappa shape index (κ1) is 22.8. The maximum atomic E-state index is 12.9. The zero-order chi connectivity index (χ0) is 22.6. The van der Waals surface area contributed by atoms with Gasteiger partial charge in [0.25, 0.3) is 0 Å². The van der Waals surface area contributed by atoms with Crippen molar-refractivity contribution in [2.75, 3.05) is 13.7 Å². The van der Waals surface area contributed by atoms with Crippen LogP contribution in [0.5, 0.6) is 0 Å². The molecule has 1 aliphatic heterocycles. The molecule has 31 heavy (non-hydrogen) atoms. The number of amides is 2. The van der Waals surface area contributed by atoms with Crippen LogP contribution < -0.4 is 5.32 Å². The summed E-state index contributed by atoms with van der Waals surface area (Å²) in [5.41, 5.74) is -0.445. The highest BCUT2D eigenvalue weighted by atomic mass is 32.1. The van der Waals surface area contributed by atoms with Crippen molar-refractivity contribution in [1.29, 1.82) is 0 Å². The number of ether oxygens (including phenoxy) is 1. The Kier molecular flexibility index (Phi) is 6.99. The Morgan fingerprint density at radius 2 is 2.06 bits per heavy atom. The van der Waals surface area contributed by atoms with Crippen LogP contribution in [0.3, 0.4) is 0 Å². The van der Waals surface area contributed by atoms with E-state index in [2.05, 4.69) is 5.32 Å². The highest BCUT2D eigenvalue weighted by Gasteiger charge is 2.36. The Hall–Kier alpha value is -2.88. The fourth-order valence-electron chi connectivity index (χ4n) is 3.42. The molecule has 1 saturated heterocycles. The van der Waals surface area contributed by atoms with Gasteiger partial charge in [0.1, 0.15) is 0 Å². The zero-order valence-corrected chi connectivity index (χ0v) is 17.5. The van der Waals surface area contributed by atoms with Crippen LogP contribution in [0.15, 0.2) is 41.8 Å². The molecular formula is C21H21F3N2O4S. The van der Waals surface area contributed by atoms with Crippen LogP contribution in [-0.4, -0.2) is 36.3 Å². The number of likely N-dealkylation sites (tertiary alicyclic amines) is 1. The van der Waals surface area contributed by atoms with Crippen molar-refractivity contribution in [3.05, 3.63) is 57.8 Å². The second-order valence-electron chi connectivity index (χ2n) is 7.23. The highest BCUT2D eigenvalue weighted by Crippen LogP contribution is 2.30. The summed E-state index contributed by atoms with van der Waals surface area (Å²) in [6, 6.07) is 7.79. The molecule has 2 unspecified atom stereocenters. The molecule has 0 radical (unpaired) electrons. The SMILES string of the molecule is COC(=O)CC(NC(=O)C1CC(=O)N(Cc2cccc(C(F)(F)F)c2)C1)c1cccs1. The molecule has 6 nitrogen and oxygen atoms in total. The monoisotopic (exact) mass is 454 g/mol. The van der Waals surface area contributed by atoms with Crippen LogP contribution in [0, 0.1) is 5.92 Å². The zero-order valence-electron chi connectivity index (χ0n) is 16.6. The summed E-state index contributed by atoms with van der Waals surface area (Å²) < 4.78 is 43.4. The van der Waals surface area contributed by atoms with Gasteiger partial charge in [-0.25, -0.2) is 0 Å². The molecule has 2 amide bonds. The predicted octanol–water partition coefficient (Wildman–Crippen LogP) is 3.54. The molecule has 0 saturated carbocycles. The fourth-order valence-corrected chi connectivity index (χ4v) is 4.20. The van der Waals surface area contributed by atoms with Crippen molar-refractivity contribution in [2.24, 2.45) is 5.92 Å². The van der Waals surface area contributed by atoms with E-state index in [9.17, 15) is 27.6 Å². The van der Waals surface area contributed by atoms with Crippen LogP contribution in [0.25, 0.3) is 0 Å². The summed E-state index contributed by atoms with van der Waals surface area (Å²) in [5.74, 6) is -1.83. The van der Waals surface area contributed by atoms with Gasteiger partial charge in [0.2, 0.25) is 11.8 Å². The van der Waals surface area contributed by atoms with Gasteiger partial charge in [0.05, 0.1) is 31.1 Å². The Morgan fingerprint density at radius 3 is 2.71 bits per heavy atom. The molecule has 0 aliphatic carbocycles. The number of benzene rings is 1. The topological polar surface area (TPSA) is 75.7 Å². The molecule has 1 aliphatic rings. The average Bonchev–Trinajstić information content (AvgIpc) is 3.37. The lowest BCUT2D eigenvalue weighted by molar-refractivity contribution is -0.141. The van der Waals surface area contributed by atoms with Gasteiger partial charge in [0.15, 0.2) is 0 Å². The number of thiophene rings is 1. The molecule has 1 N–H and O–H groups in total. The van der Waals surface area contributed by atoms with Crippen LogP contribution in [0.2, 0.25) is 0 Å². The Labute approximate surface area is 181 Å². The van der Waals surface area contributed by atoms with Gasteiger partial charge in [-0.1, -0.05) is 18.2 Å². The van der Waals surface area contributed by atoms with Crippen LogP contribution in [0.4, 0.5) is 13.2 Å². The average molecular weight is 454 g/mol. The van der Waals surface area contributed by atoms with Gasteiger partial charge < -0.3 is 15.0 Å². The summed E-state index contributed by atoms with van der Waals surface area (Å²) in [4.78, 5) is 39.0. The molecule has 1 aromatic heterocycles. The summed E-state index contributed by atoms with van der Waals surface area (Å²) in [7, 11) is 1.26. The number of hydrogen-bond donors (Lipinski definition) is 1. The van der Waals surface area contributed by atoms with E-state index in [0.717, 1.165) is 17.0 Å². The van der Waals surface area contributed by atoms with E-state index in [-0.39, 0.29) is 37.7 Å². The van der Waals surface area contributed by atoms with Gasteiger partial charge in [-0.05, 0) is 29.1 Å². The van der Waals surface area contributed by atoms with Gasteiger partial charge >= 0.3 is 12.1 Å². The third kappa shape index (κ3) is 5.84. The molecule has 0 bridgehead atoms. The van der Waals surface area contributed by atoms with Crippen molar-refractivity contribution in [2.45, 2.75) is 31.6 Å². The second kappa shape index (κ2) is 9.51. The Bertz CT molecular complexity index is 946. The lowest BCUT2D eigenvalue weighted by Gasteiger charge is -2.20. The number of carbonyl (C=O) groups is 3. The van der Waals surface area contributed by atoms with E-state index in [0.29, 0.717) is 5.56 Å². The summed E-state index contributed by atoms with van der Waals surface area (Å²) >= 11 is 1.38.